The molecule has 1 N–H and O–H groups in total. The van der Waals surface area contributed by atoms with Crippen LogP contribution >= 0.6 is 0 Å². The SMILES string of the molecule is CCC(=O)N1CCc2cc(C(=O)NC(C)c3cccc(F)c3)ccc21. The third-order valence-corrected chi connectivity index (χ3v) is 4.54. The highest BCUT2D eigenvalue weighted by Gasteiger charge is 2.24. The van der Waals surface area contributed by atoms with Crippen molar-refractivity contribution in [3.8, 4) is 0 Å². The van der Waals surface area contributed by atoms with Crippen LogP contribution in [0.2, 0.25) is 0 Å². The van der Waals surface area contributed by atoms with Crippen LogP contribution in [0.4, 0.5) is 10.1 Å². The summed E-state index contributed by atoms with van der Waals surface area (Å²) in [6.45, 7) is 4.32. The summed E-state index contributed by atoms with van der Waals surface area (Å²) < 4.78 is 13.3. The summed E-state index contributed by atoms with van der Waals surface area (Å²) in [6.07, 6.45) is 1.22. The summed E-state index contributed by atoms with van der Waals surface area (Å²) in [4.78, 5) is 26.2. The van der Waals surface area contributed by atoms with Crippen molar-refractivity contribution in [1.29, 1.82) is 0 Å². The first-order chi connectivity index (χ1) is 12.0. The number of rotatable bonds is 4. The van der Waals surface area contributed by atoms with Gasteiger partial charge in [0.15, 0.2) is 0 Å². The molecule has 0 fully saturated rings. The number of hydrogen-bond acceptors (Lipinski definition) is 2. The van der Waals surface area contributed by atoms with Gasteiger partial charge in [-0.05, 0) is 54.8 Å². The Hall–Kier alpha value is -2.69. The first-order valence-corrected chi connectivity index (χ1v) is 8.49. The van der Waals surface area contributed by atoms with E-state index in [9.17, 15) is 14.0 Å². The predicted molar refractivity (Wildman–Crippen MR) is 95.1 cm³/mol. The summed E-state index contributed by atoms with van der Waals surface area (Å²) in [5, 5.41) is 2.89. The molecule has 0 spiro atoms. The fourth-order valence-electron chi connectivity index (χ4n) is 3.13. The van der Waals surface area contributed by atoms with Crippen LogP contribution < -0.4 is 10.2 Å². The van der Waals surface area contributed by atoms with Gasteiger partial charge in [-0.1, -0.05) is 19.1 Å². The molecule has 4 nitrogen and oxygen atoms in total. The molecule has 0 saturated heterocycles. The first kappa shape index (κ1) is 17.1. The number of nitrogens with one attached hydrogen (secondary N) is 1. The second-order valence-corrected chi connectivity index (χ2v) is 6.24. The topological polar surface area (TPSA) is 49.4 Å². The highest BCUT2D eigenvalue weighted by molar-refractivity contribution is 5.98. The van der Waals surface area contributed by atoms with Crippen molar-refractivity contribution in [2.24, 2.45) is 0 Å². The molecule has 130 valence electrons. The van der Waals surface area contributed by atoms with Crippen molar-refractivity contribution in [3.05, 3.63) is 65.0 Å². The minimum atomic E-state index is -0.322. The van der Waals surface area contributed by atoms with Crippen molar-refractivity contribution >= 4 is 17.5 Å². The van der Waals surface area contributed by atoms with E-state index in [4.69, 9.17) is 0 Å². The van der Waals surface area contributed by atoms with Gasteiger partial charge in [0.1, 0.15) is 5.82 Å². The summed E-state index contributed by atoms with van der Waals surface area (Å²) >= 11 is 0. The first-order valence-electron chi connectivity index (χ1n) is 8.49. The molecule has 1 aliphatic heterocycles. The Balaban J connectivity index is 1.74. The number of benzene rings is 2. The van der Waals surface area contributed by atoms with Crippen LogP contribution in [-0.2, 0) is 11.2 Å². The van der Waals surface area contributed by atoms with Crippen LogP contribution in [0, 0.1) is 5.82 Å². The number of carbonyl (C=O) groups excluding carboxylic acids is 2. The summed E-state index contributed by atoms with van der Waals surface area (Å²) in [6, 6.07) is 11.3. The Morgan fingerprint density at radius 2 is 2.04 bits per heavy atom. The Morgan fingerprint density at radius 3 is 2.76 bits per heavy atom. The Bertz CT molecular complexity index is 819. The normalized spacial score (nSPS) is 14.1. The van der Waals surface area contributed by atoms with Crippen LogP contribution in [0.1, 0.15) is 47.8 Å². The lowest BCUT2D eigenvalue weighted by Crippen LogP contribution is -2.28. The van der Waals surface area contributed by atoms with E-state index >= 15 is 0 Å². The molecule has 2 aromatic rings. The fourth-order valence-corrected chi connectivity index (χ4v) is 3.13. The van der Waals surface area contributed by atoms with E-state index in [1.807, 2.05) is 26.0 Å². The molecule has 2 amide bonds. The zero-order chi connectivity index (χ0) is 18.0. The zero-order valence-electron chi connectivity index (χ0n) is 14.4. The Morgan fingerprint density at radius 1 is 1.24 bits per heavy atom. The molecule has 25 heavy (non-hydrogen) atoms. The molecular weight excluding hydrogens is 319 g/mol. The van der Waals surface area contributed by atoms with E-state index in [0.29, 0.717) is 24.1 Å². The lowest BCUT2D eigenvalue weighted by Gasteiger charge is -2.17. The largest absolute Gasteiger partial charge is 0.346 e. The fraction of sp³-hybridized carbons (Fsp3) is 0.300. The van der Waals surface area contributed by atoms with Crippen molar-refractivity contribution in [2.75, 3.05) is 11.4 Å². The number of anilines is 1. The van der Waals surface area contributed by atoms with Gasteiger partial charge >= 0.3 is 0 Å². The van der Waals surface area contributed by atoms with Gasteiger partial charge in [-0.15, -0.1) is 0 Å². The van der Waals surface area contributed by atoms with Gasteiger partial charge in [0, 0.05) is 24.2 Å². The second-order valence-electron chi connectivity index (χ2n) is 6.24. The molecule has 1 unspecified atom stereocenters. The molecule has 5 heteroatoms. The molecular formula is C20H21FN2O2. The molecule has 1 aliphatic rings. The van der Waals surface area contributed by atoms with Gasteiger partial charge in [0.25, 0.3) is 5.91 Å². The highest BCUT2D eigenvalue weighted by atomic mass is 19.1. The second kappa shape index (κ2) is 7.05. The van der Waals surface area contributed by atoms with E-state index in [-0.39, 0.29) is 23.7 Å². The van der Waals surface area contributed by atoms with Crippen molar-refractivity contribution < 1.29 is 14.0 Å². The third-order valence-electron chi connectivity index (χ3n) is 4.54. The minimum Gasteiger partial charge on any atom is -0.346 e. The van der Waals surface area contributed by atoms with E-state index in [1.54, 1.807) is 23.1 Å². The van der Waals surface area contributed by atoms with Crippen molar-refractivity contribution in [3.63, 3.8) is 0 Å². The van der Waals surface area contributed by atoms with E-state index < -0.39 is 0 Å². The molecule has 0 aromatic heterocycles. The summed E-state index contributed by atoms with van der Waals surface area (Å²) in [5.74, 6) is -0.438. The maximum Gasteiger partial charge on any atom is 0.251 e. The summed E-state index contributed by atoms with van der Waals surface area (Å²) in [5.41, 5.74) is 3.16. The highest BCUT2D eigenvalue weighted by Crippen LogP contribution is 2.29. The molecule has 1 atom stereocenters. The maximum absolute atomic E-state index is 13.3. The molecule has 0 saturated carbocycles. The van der Waals surface area contributed by atoms with Gasteiger partial charge in [0.2, 0.25) is 5.91 Å². The maximum atomic E-state index is 13.3. The number of carbonyl (C=O) groups is 2. The number of halogens is 1. The molecule has 2 aromatic carbocycles. The number of hydrogen-bond donors (Lipinski definition) is 1. The third kappa shape index (κ3) is 3.55. The number of amides is 2. The van der Waals surface area contributed by atoms with Gasteiger partial charge < -0.3 is 10.2 Å². The minimum absolute atomic E-state index is 0.0932. The molecule has 1 heterocycles. The smallest absolute Gasteiger partial charge is 0.251 e. The predicted octanol–water partition coefficient (Wildman–Crippen LogP) is 3.62. The van der Waals surface area contributed by atoms with Crippen LogP contribution in [0.5, 0.6) is 0 Å². The van der Waals surface area contributed by atoms with Crippen molar-refractivity contribution in [2.45, 2.75) is 32.7 Å². The molecule has 0 bridgehead atoms. The van der Waals surface area contributed by atoms with Crippen LogP contribution in [0.25, 0.3) is 0 Å². The monoisotopic (exact) mass is 340 g/mol. The Labute approximate surface area is 146 Å². The van der Waals surface area contributed by atoms with E-state index in [1.165, 1.54) is 12.1 Å². The van der Waals surface area contributed by atoms with Crippen LogP contribution in [0.3, 0.4) is 0 Å². The van der Waals surface area contributed by atoms with Crippen LogP contribution in [-0.4, -0.2) is 18.4 Å². The number of fused-ring (bicyclic) bond motifs is 1. The average molecular weight is 340 g/mol. The van der Waals surface area contributed by atoms with Gasteiger partial charge in [0.05, 0.1) is 6.04 Å². The van der Waals surface area contributed by atoms with Gasteiger partial charge in [-0.25, -0.2) is 4.39 Å². The summed E-state index contributed by atoms with van der Waals surface area (Å²) in [7, 11) is 0. The van der Waals surface area contributed by atoms with Crippen molar-refractivity contribution in [1.82, 2.24) is 5.32 Å². The van der Waals surface area contributed by atoms with Gasteiger partial charge in [-0.2, -0.15) is 0 Å². The zero-order valence-corrected chi connectivity index (χ0v) is 14.4. The lowest BCUT2D eigenvalue weighted by atomic mass is 10.1. The van der Waals surface area contributed by atoms with Gasteiger partial charge in [-0.3, -0.25) is 9.59 Å². The standard InChI is InChI=1S/C20H21FN2O2/c1-3-19(24)23-10-9-15-11-16(7-8-18(15)23)20(25)22-13(2)14-5-4-6-17(21)12-14/h4-8,11-13H,3,9-10H2,1-2H3,(H,22,25). The molecule has 0 radical (unpaired) electrons. The van der Waals surface area contributed by atoms with Crippen LogP contribution in [0.15, 0.2) is 42.5 Å². The molecule has 3 rings (SSSR count). The number of nitrogens with zero attached hydrogens (tertiary/aromatic N) is 1. The Kier molecular flexibility index (Phi) is 4.83. The molecule has 0 aliphatic carbocycles. The quantitative estimate of drug-likeness (QED) is 0.924. The lowest BCUT2D eigenvalue weighted by molar-refractivity contribution is -0.118. The van der Waals surface area contributed by atoms with E-state index in [0.717, 1.165) is 17.7 Å². The average Bonchev–Trinajstić information content (AvgIpc) is 3.04. The van der Waals surface area contributed by atoms with E-state index in [2.05, 4.69) is 5.32 Å².